The molecule has 0 saturated heterocycles. The van der Waals surface area contributed by atoms with Gasteiger partial charge < -0.3 is 0 Å². The van der Waals surface area contributed by atoms with E-state index in [-0.39, 0.29) is 5.69 Å². The first kappa shape index (κ1) is 15.9. The minimum absolute atomic E-state index is 0.0586. The molecule has 1 aromatic carbocycles. The van der Waals surface area contributed by atoms with Gasteiger partial charge in [-0.2, -0.15) is 0 Å². The van der Waals surface area contributed by atoms with Crippen LogP contribution in [0.1, 0.15) is 0 Å². The van der Waals surface area contributed by atoms with Crippen molar-refractivity contribution < 1.29 is 38.5 Å². The summed E-state index contributed by atoms with van der Waals surface area (Å²) in [5.74, 6) is 0. The second-order valence-electron chi connectivity index (χ2n) is 3.36. The summed E-state index contributed by atoms with van der Waals surface area (Å²) in [6, 6.07) is 6.09. The molecule has 1 heterocycles. The Hall–Kier alpha value is -2.18. The van der Waals surface area contributed by atoms with Gasteiger partial charge in [-0.05, 0) is 12.1 Å². The lowest BCUT2D eigenvalue weighted by molar-refractivity contribution is -2.00. The lowest BCUT2D eigenvalue weighted by Crippen LogP contribution is -2.68. The Bertz CT molecular complexity index is 574. The molecule has 1 aromatic heterocycles. The van der Waals surface area contributed by atoms with E-state index in [4.69, 9.17) is 18.6 Å². The van der Waals surface area contributed by atoms with E-state index in [1.54, 1.807) is 30.2 Å². The van der Waals surface area contributed by atoms with Crippen molar-refractivity contribution in [1.82, 2.24) is 15.1 Å². The Morgan fingerprint density at radius 2 is 1.70 bits per heavy atom. The largest absolute Gasteiger partial charge is 0.269 e. The number of benzene rings is 1. The first-order valence-electron chi connectivity index (χ1n) is 4.81. The predicted molar refractivity (Wildman–Crippen MR) is 49.2 cm³/mol. The average molecular weight is 306 g/mol. The third kappa shape index (κ3) is 5.64. The van der Waals surface area contributed by atoms with Gasteiger partial charge in [0, 0.05) is 12.1 Å². The van der Waals surface area contributed by atoms with Crippen LogP contribution in [0.3, 0.4) is 0 Å². The number of non-ortho nitro benzene ring substituents is 1. The molecule has 0 saturated carbocycles. The van der Waals surface area contributed by atoms with Gasteiger partial charge in [-0.3, -0.25) is 10.1 Å². The first-order chi connectivity index (χ1) is 9.16. The van der Waals surface area contributed by atoms with E-state index in [9.17, 15) is 10.1 Å². The van der Waals surface area contributed by atoms with Gasteiger partial charge in [-0.1, -0.05) is 4.68 Å². The minimum atomic E-state index is -4.94. The number of rotatable bonds is 2. The highest BCUT2D eigenvalue weighted by atomic mass is 35.7. The summed E-state index contributed by atoms with van der Waals surface area (Å²) in [6.45, 7) is 0. The van der Waals surface area contributed by atoms with Crippen LogP contribution in [0.4, 0.5) is 5.69 Å². The highest BCUT2D eigenvalue weighted by molar-refractivity contribution is 5.39. The molecular weight excluding hydrogens is 298 g/mol. The molecule has 0 bridgehead atoms. The van der Waals surface area contributed by atoms with Crippen LogP contribution in [0, 0.1) is 20.4 Å². The van der Waals surface area contributed by atoms with Crippen LogP contribution in [0.25, 0.3) is 5.69 Å². The molecule has 0 aliphatic heterocycles. The summed E-state index contributed by atoms with van der Waals surface area (Å²) in [4.78, 5) is 9.98. The molecule has 11 nitrogen and oxygen atoms in total. The lowest BCUT2D eigenvalue weighted by Gasteiger charge is -2.17. The standard InChI is InChI=1S/C8H8N5O2.ClHO4/c1-11-6-12(10-9-11)7-2-4-8(5-3-7)13(14)15;2-1(3,4)5/h2-6H,1H3;(H,2,3,4,5)/q+1;/p-1. The van der Waals surface area contributed by atoms with E-state index in [1.807, 2.05) is 0 Å². The third-order valence-corrected chi connectivity index (χ3v) is 1.88. The SMILES string of the molecule is C[n+]1cn(-c2ccc([N+](=O)[O-])cc2)nn1.[O-][Cl+3]([O-])([O-])[O-]. The molecule has 0 amide bonds. The predicted octanol–water partition coefficient (Wildman–Crippen LogP) is -4.76. The van der Waals surface area contributed by atoms with Gasteiger partial charge in [0.15, 0.2) is 5.21 Å². The number of tetrazole rings is 1. The van der Waals surface area contributed by atoms with Crippen LogP contribution >= 0.6 is 0 Å². The third-order valence-electron chi connectivity index (χ3n) is 1.88. The zero-order chi connectivity index (χ0) is 15.3. The Balaban J connectivity index is 0.000000347. The van der Waals surface area contributed by atoms with Crippen molar-refractivity contribution in [3.05, 3.63) is 40.7 Å². The fraction of sp³-hybridized carbons (Fsp3) is 0.125. The maximum atomic E-state index is 10.4. The van der Waals surface area contributed by atoms with Gasteiger partial charge in [0.05, 0.1) is 12.0 Å². The Labute approximate surface area is 113 Å². The van der Waals surface area contributed by atoms with Crippen molar-refractivity contribution in [3.63, 3.8) is 0 Å². The Morgan fingerprint density at radius 1 is 1.20 bits per heavy atom. The molecular formula is C8H8ClN5O6. The highest BCUT2D eigenvalue weighted by Crippen LogP contribution is 2.13. The maximum absolute atomic E-state index is 10.4. The van der Waals surface area contributed by atoms with Crippen molar-refractivity contribution in [2.45, 2.75) is 0 Å². The van der Waals surface area contributed by atoms with Crippen molar-refractivity contribution in [2.24, 2.45) is 7.05 Å². The van der Waals surface area contributed by atoms with Crippen molar-refractivity contribution in [3.8, 4) is 5.69 Å². The zero-order valence-electron chi connectivity index (χ0n) is 9.95. The van der Waals surface area contributed by atoms with Crippen LogP contribution in [-0.4, -0.2) is 20.0 Å². The summed E-state index contributed by atoms with van der Waals surface area (Å²) in [7, 11) is -3.20. The number of nitro benzene ring substituents is 1. The molecule has 0 unspecified atom stereocenters. The van der Waals surface area contributed by atoms with Crippen LogP contribution < -0.4 is 23.3 Å². The van der Waals surface area contributed by atoms with Crippen molar-refractivity contribution in [2.75, 3.05) is 0 Å². The van der Waals surface area contributed by atoms with Crippen LogP contribution in [0.15, 0.2) is 30.6 Å². The molecule has 0 spiro atoms. The second-order valence-corrected chi connectivity index (χ2v) is 4.12. The number of halogens is 1. The minimum Gasteiger partial charge on any atom is -0.258 e. The summed E-state index contributed by atoms with van der Waals surface area (Å²) >= 11 is 0. The molecule has 0 aliphatic rings. The maximum Gasteiger partial charge on any atom is 0.269 e. The smallest absolute Gasteiger partial charge is 0.258 e. The van der Waals surface area contributed by atoms with E-state index in [0.29, 0.717) is 0 Å². The number of hydrogen-bond acceptors (Lipinski definition) is 8. The quantitative estimate of drug-likeness (QED) is 0.302. The molecule has 20 heavy (non-hydrogen) atoms. The van der Waals surface area contributed by atoms with Crippen LogP contribution in [0.5, 0.6) is 0 Å². The van der Waals surface area contributed by atoms with Gasteiger partial charge in [-0.15, -0.1) is 14.9 Å². The summed E-state index contributed by atoms with van der Waals surface area (Å²) in [5.41, 5.74) is 0.789. The summed E-state index contributed by atoms with van der Waals surface area (Å²) in [5, 5.41) is 18.0. The molecule has 108 valence electrons. The number of hydrogen-bond donors (Lipinski definition) is 0. The average Bonchev–Trinajstić information content (AvgIpc) is 2.74. The van der Waals surface area contributed by atoms with Gasteiger partial charge >= 0.3 is 0 Å². The van der Waals surface area contributed by atoms with E-state index in [1.165, 1.54) is 16.8 Å². The normalized spacial score (nSPS) is 10.7. The van der Waals surface area contributed by atoms with E-state index >= 15 is 0 Å². The summed E-state index contributed by atoms with van der Waals surface area (Å²) in [6.07, 6.45) is 1.67. The van der Waals surface area contributed by atoms with E-state index < -0.39 is 15.2 Å². The highest BCUT2D eigenvalue weighted by Gasteiger charge is 2.10. The fourth-order valence-corrected chi connectivity index (χ4v) is 1.16. The van der Waals surface area contributed by atoms with Gasteiger partial charge in [0.1, 0.15) is 10.9 Å². The second kappa shape index (κ2) is 6.31. The molecule has 0 atom stereocenters. The molecule has 0 fully saturated rings. The molecule has 0 N–H and O–H groups in total. The summed E-state index contributed by atoms with van der Waals surface area (Å²) < 4.78 is 37.0. The van der Waals surface area contributed by atoms with Gasteiger partial charge in [0.25, 0.3) is 5.69 Å². The van der Waals surface area contributed by atoms with E-state index in [0.717, 1.165) is 5.69 Å². The Kier molecular flexibility index (Phi) is 5.01. The van der Waals surface area contributed by atoms with Gasteiger partial charge in [0.2, 0.25) is 6.33 Å². The molecule has 2 rings (SSSR count). The van der Waals surface area contributed by atoms with Gasteiger partial charge in [-0.25, -0.2) is 18.6 Å². The van der Waals surface area contributed by atoms with E-state index in [2.05, 4.69) is 10.4 Å². The first-order valence-corrected chi connectivity index (χ1v) is 6.05. The number of aromatic nitrogens is 4. The zero-order valence-corrected chi connectivity index (χ0v) is 10.7. The number of nitrogens with zero attached hydrogens (tertiary/aromatic N) is 5. The van der Waals surface area contributed by atoms with Crippen molar-refractivity contribution in [1.29, 1.82) is 0 Å². The fourth-order valence-electron chi connectivity index (χ4n) is 1.16. The van der Waals surface area contributed by atoms with Crippen LogP contribution in [0.2, 0.25) is 0 Å². The lowest BCUT2D eigenvalue weighted by atomic mass is 10.3. The number of nitro groups is 1. The van der Waals surface area contributed by atoms with Crippen LogP contribution in [-0.2, 0) is 7.05 Å². The monoisotopic (exact) mass is 305 g/mol. The van der Waals surface area contributed by atoms with Crippen molar-refractivity contribution >= 4 is 5.69 Å². The number of aryl methyl sites for hydroxylation is 1. The molecule has 0 aliphatic carbocycles. The molecule has 0 radical (unpaired) electrons. The Morgan fingerprint density at radius 3 is 2.05 bits per heavy atom. The molecule has 2 aromatic rings. The topological polar surface area (TPSA) is 170 Å². The molecule has 12 heteroatoms.